The summed E-state index contributed by atoms with van der Waals surface area (Å²) in [4.78, 5) is 0. The van der Waals surface area contributed by atoms with Crippen molar-refractivity contribution in [2.45, 2.75) is 26.2 Å². The number of nitrogens with two attached hydrogens (primary N) is 1. The maximum atomic E-state index is 5.63. The number of rotatable bonds is 5. The summed E-state index contributed by atoms with van der Waals surface area (Å²) >= 11 is 1.78. The van der Waals surface area contributed by atoms with Crippen LogP contribution in [0.5, 0.6) is 0 Å². The SMILES string of the molecule is CCC(CN)CCc1ccsc1. The lowest BCUT2D eigenvalue weighted by Gasteiger charge is -2.10. The van der Waals surface area contributed by atoms with Crippen LogP contribution < -0.4 is 5.73 Å². The predicted molar refractivity (Wildman–Crippen MR) is 55.5 cm³/mol. The first kappa shape index (κ1) is 9.75. The third-order valence-corrected chi connectivity index (χ3v) is 3.06. The van der Waals surface area contributed by atoms with Crippen LogP contribution in [0.4, 0.5) is 0 Å². The highest BCUT2D eigenvalue weighted by Crippen LogP contribution is 2.13. The van der Waals surface area contributed by atoms with E-state index in [1.807, 2.05) is 0 Å². The second-order valence-corrected chi connectivity index (χ2v) is 3.96. The Labute approximate surface area is 78.6 Å². The van der Waals surface area contributed by atoms with Gasteiger partial charge in [0.15, 0.2) is 0 Å². The van der Waals surface area contributed by atoms with Gasteiger partial charge in [-0.1, -0.05) is 13.3 Å². The third kappa shape index (κ3) is 2.95. The summed E-state index contributed by atoms with van der Waals surface area (Å²) in [5.41, 5.74) is 7.09. The van der Waals surface area contributed by atoms with Gasteiger partial charge in [0, 0.05) is 0 Å². The first-order valence-corrected chi connectivity index (χ1v) is 5.52. The van der Waals surface area contributed by atoms with E-state index in [1.54, 1.807) is 11.3 Å². The van der Waals surface area contributed by atoms with Gasteiger partial charge in [-0.25, -0.2) is 0 Å². The highest BCUT2D eigenvalue weighted by atomic mass is 32.1. The Kier molecular flexibility index (Phi) is 4.33. The molecule has 0 fully saturated rings. The van der Waals surface area contributed by atoms with Crippen LogP contribution in [0, 0.1) is 5.92 Å². The van der Waals surface area contributed by atoms with Gasteiger partial charge in [0.25, 0.3) is 0 Å². The molecule has 0 aliphatic carbocycles. The number of hydrogen-bond acceptors (Lipinski definition) is 2. The maximum absolute atomic E-state index is 5.63. The van der Waals surface area contributed by atoms with Gasteiger partial charge in [-0.3, -0.25) is 0 Å². The summed E-state index contributed by atoms with van der Waals surface area (Å²) in [5.74, 6) is 0.713. The molecule has 1 unspecified atom stereocenters. The van der Waals surface area contributed by atoms with E-state index in [0.717, 1.165) is 6.54 Å². The molecule has 1 rings (SSSR count). The van der Waals surface area contributed by atoms with E-state index in [9.17, 15) is 0 Å². The predicted octanol–water partition coefficient (Wildman–Crippen LogP) is 2.67. The largest absolute Gasteiger partial charge is 0.330 e. The van der Waals surface area contributed by atoms with E-state index < -0.39 is 0 Å². The Morgan fingerprint density at radius 2 is 2.42 bits per heavy atom. The zero-order valence-electron chi connectivity index (χ0n) is 7.62. The van der Waals surface area contributed by atoms with E-state index in [1.165, 1.54) is 24.8 Å². The molecular formula is C10H17NS. The molecule has 1 aromatic rings. The van der Waals surface area contributed by atoms with Crippen molar-refractivity contribution in [3.63, 3.8) is 0 Å². The van der Waals surface area contributed by atoms with Crippen molar-refractivity contribution in [2.75, 3.05) is 6.54 Å². The summed E-state index contributed by atoms with van der Waals surface area (Å²) < 4.78 is 0. The molecule has 2 heteroatoms. The lowest BCUT2D eigenvalue weighted by Crippen LogP contribution is -2.13. The van der Waals surface area contributed by atoms with Gasteiger partial charge in [0.05, 0.1) is 0 Å². The van der Waals surface area contributed by atoms with Crippen LogP contribution in [0.25, 0.3) is 0 Å². The van der Waals surface area contributed by atoms with Crippen LogP contribution >= 0.6 is 11.3 Å². The number of thiophene rings is 1. The summed E-state index contributed by atoms with van der Waals surface area (Å²) in [6.07, 6.45) is 3.64. The van der Waals surface area contributed by atoms with Gasteiger partial charge in [0.1, 0.15) is 0 Å². The fraction of sp³-hybridized carbons (Fsp3) is 0.600. The van der Waals surface area contributed by atoms with Crippen molar-refractivity contribution in [1.82, 2.24) is 0 Å². The molecular weight excluding hydrogens is 166 g/mol. The number of hydrogen-bond donors (Lipinski definition) is 1. The Morgan fingerprint density at radius 1 is 1.58 bits per heavy atom. The number of aryl methyl sites for hydroxylation is 1. The molecule has 12 heavy (non-hydrogen) atoms. The van der Waals surface area contributed by atoms with Gasteiger partial charge >= 0.3 is 0 Å². The molecule has 0 saturated carbocycles. The summed E-state index contributed by atoms with van der Waals surface area (Å²) in [6, 6.07) is 2.20. The smallest absolute Gasteiger partial charge is 0.00489 e. The van der Waals surface area contributed by atoms with Crippen LogP contribution in [0.2, 0.25) is 0 Å². The summed E-state index contributed by atoms with van der Waals surface area (Å²) in [5, 5.41) is 4.36. The van der Waals surface area contributed by atoms with Crippen molar-refractivity contribution >= 4 is 11.3 Å². The van der Waals surface area contributed by atoms with E-state index >= 15 is 0 Å². The van der Waals surface area contributed by atoms with E-state index in [0.29, 0.717) is 5.92 Å². The quantitative estimate of drug-likeness (QED) is 0.746. The first-order valence-electron chi connectivity index (χ1n) is 4.58. The molecule has 68 valence electrons. The monoisotopic (exact) mass is 183 g/mol. The normalized spacial score (nSPS) is 13.2. The summed E-state index contributed by atoms with van der Waals surface area (Å²) in [6.45, 7) is 3.05. The lowest BCUT2D eigenvalue weighted by molar-refractivity contribution is 0.482. The van der Waals surface area contributed by atoms with Crippen LogP contribution in [-0.2, 0) is 6.42 Å². The minimum atomic E-state index is 0.713. The fourth-order valence-corrected chi connectivity index (χ4v) is 2.00. The van der Waals surface area contributed by atoms with Crippen molar-refractivity contribution in [1.29, 1.82) is 0 Å². The zero-order chi connectivity index (χ0) is 8.81. The minimum absolute atomic E-state index is 0.713. The average molecular weight is 183 g/mol. The molecule has 0 amide bonds. The Hall–Kier alpha value is -0.340. The van der Waals surface area contributed by atoms with E-state index in [-0.39, 0.29) is 0 Å². The second kappa shape index (κ2) is 5.33. The molecule has 1 atom stereocenters. The van der Waals surface area contributed by atoms with Gasteiger partial charge in [-0.15, -0.1) is 0 Å². The molecule has 1 heterocycles. The highest BCUT2D eigenvalue weighted by Gasteiger charge is 2.03. The first-order chi connectivity index (χ1) is 5.86. The van der Waals surface area contributed by atoms with Crippen LogP contribution in [-0.4, -0.2) is 6.54 Å². The fourth-order valence-electron chi connectivity index (χ4n) is 1.29. The molecule has 0 aromatic carbocycles. The molecule has 0 radical (unpaired) electrons. The topological polar surface area (TPSA) is 26.0 Å². The van der Waals surface area contributed by atoms with Crippen LogP contribution in [0.1, 0.15) is 25.3 Å². The molecule has 1 aromatic heterocycles. The van der Waals surface area contributed by atoms with Crippen molar-refractivity contribution in [2.24, 2.45) is 11.7 Å². The maximum Gasteiger partial charge on any atom is -0.00489 e. The minimum Gasteiger partial charge on any atom is -0.330 e. The standard InChI is InChI=1S/C10H17NS/c1-2-9(7-11)3-4-10-5-6-12-8-10/h5-6,8-9H,2-4,7,11H2,1H3. The van der Waals surface area contributed by atoms with Gasteiger partial charge in [-0.2, -0.15) is 11.3 Å². The van der Waals surface area contributed by atoms with Crippen molar-refractivity contribution < 1.29 is 0 Å². The molecule has 0 saturated heterocycles. The average Bonchev–Trinajstić information content (AvgIpc) is 2.59. The molecule has 0 aliphatic heterocycles. The van der Waals surface area contributed by atoms with Crippen molar-refractivity contribution in [3.8, 4) is 0 Å². The van der Waals surface area contributed by atoms with Gasteiger partial charge in [-0.05, 0) is 47.7 Å². The third-order valence-electron chi connectivity index (χ3n) is 2.33. The summed E-state index contributed by atoms with van der Waals surface area (Å²) in [7, 11) is 0. The van der Waals surface area contributed by atoms with Gasteiger partial charge < -0.3 is 5.73 Å². The van der Waals surface area contributed by atoms with Crippen LogP contribution in [0.15, 0.2) is 16.8 Å². The highest BCUT2D eigenvalue weighted by molar-refractivity contribution is 7.07. The van der Waals surface area contributed by atoms with E-state index in [4.69, 9.17) is 5.73 Å². The Bertz CT molecular complexity index is 190. The van der Waals surface area contributed by atoms with Crippen LogP contribution in [0.3, 0.4) is 0 Å². The molecule has 0 bridgehead atoms. The zero-order valence-corrected chi connectivity index (χ0v) is 8.44. The molecule has 0 spiro atoms. The molecule has 1 nitrogen and oxygen atoms in total. The second-order valence-electron chi connectivity index (χ2n) is 3.18. The molecule has 2 N–H and O–H groups in total. The Balaban J connectivity index is 2.25. The van der Waals surface area contributed by atoms with Crippen molar-refractivity contribution in [3.05, 3.63) is 22.4 Å². The molecule has 0 aliphatic rings. The Morgan fingerprint density at radius 3 is 2.92 bits per heavy atom. The van der Waals surface area contributed by atoms with Gasteiger partial charge in [0.2, 0.25) is 0 Å². The van der Waals surface area contributed by atoms with E-state index in [2.05, 4.69) is 23.8 Å². The lowest BCUT2D eigenvalue weighted by atomic mass is 9.99.